The van der Waals surface area contributed by atoms with Gasteiger partial charge in [-0.25, -0.2) is 4.99 Å². The number of hydrogen-bond acceptors (Lipinski definition) is 1. The number of unbranched alkanes of at least 4 members (excludes halogenated alkanes) is 21. The molecule has 3 aromatic heterocycles. The second-order valence-electron chi connectivity index (χ2n) is 33.5. The zero-order valence-corrected chi connectivity index (χ0v) is 67.4. The molecule has 16 rings (SSSR count). The van der Waals surface area contributed by atoms with Crippen LogP contribution < -0.4 is 0 Å². The average molecular weight is 1440 g/mol. The molecule has 109 heavy (non-hydrogen) atoms. The van der Waals surface area contributed by atoms with Gasteiger partial charge in [0.25, 0.3) is 0 Å². The predicted molar refractivity (Wildman–Crippen MR) is 473 cm³/mol. The van der Waals surface area contributed by atoms with Gasteiger partial charge in [-0.15, -0.1) is 0 Å². The molecule has 10 aromatic carbocycles. The van der Waals surface area contributed by atoms with Crippen LogP contribution in [0.15, 0.2) is 193 Å². The van der Waals surface area contributed by atoms with E-state index in [0.717, 1.165) is 50.3 Å². The molecule has 4 nitrogen and oxygen atoms in total. The number of aryl methyl sites for hydroxylation is 3. The second kappa shape index (κ2) is 33.5. The van der Waals surface area contributed by atoms with Crippen molar-refractivity contribution >= 4 is 76.8 Å². The van der Waals surface area contributed by atoms with E-state index in [1.807, 2.05) is 0 Å². The van der Waals surface area contributed by atoms with E-state index in [9.17, 15) is 0 Å². The number of hydrogen-bond donors (Lipinski definition) is 0. The summed E-state index contributed by atoms with van der Waals surface area (Å²) in [6.45, 7) is 19.4. The van der Waals surface area contributed by atoms with Crippen LogP contribution in [0.4, 0.5) is 5.69 Å². The molecular weight excluding hydrogens is 1320 g/mol. The summed E-state index contributed by atoms with van der Waals surface area (Å²) in [5.74, 6) is 0. The Morgan fingerprint density at radius 2 is 0.569 bits per heavy atom. The van der Waals surface area contributed by atoms with Gasteiger partial charge in [0.1, 0.15) is 0 Å². The maximum absolute atomic E-state index is 6.25. The summed E-state index contributed by atoms with van der Waals surface area (Å²) >= 11 is 0. The van der Waals surface area contributed by atoms with Crippen molar-refractivity contribution in [3.8, 4) is 55.6 Å². The zero-order valence-electron chi connectivity index (χ0n) is 67.4. The van der Waals surface area contributed by atoms with E-state index in [-0.39, 0.29) is 10.8 Å². The molecule has 0 saturated heterocycles. The highest BCUT2D eigenvalue weighted by Gasteiger charge is 2.44. The predicted octanol–water partition coefficient (Wildman–Crippen LogP) is 31.6. The highest BCUT2D eigenvalue weighted by atomic mass is 15.0. The lowest BCUT2D eigenvalue weighted by Crippen LogP contribution is -2.25. The molecule has 3 aliphatic carbocycles. The van der Waals surface area contributed by atoms with Gasteiger partial charge in [-0.3, -0.25) is 0 Å². The van der Waals surface area contributed by atoms with Crippen LogP contribution in [0, 0.1) is 0 Å². The van der Waals surface area contributed by atoms with Crippen molar-refractivity contribution in [3.63, 3.8) is 0 Å². The topological polar surface area (TPSA) is 27.1 Å². The van der Waals surface area contributed by atoms with Gasteiger partial charge in [-0.1, -0.05) is 342 Å². The Balaban J connectivity index is 0.920. The van der Waals surface area contributed by atoms with Crippen molar-refractivity contribution in [1.82, 2.24) is 13.7 Å². The highest BCUT2D eigenvalue weighted by Crippen LogP contribution is 2.58. The molecular formula is C105H122N4. The Kier molecular flexibility index (Phi) is 22.8. The van der Waals surface area contributed by atoms with Crippen LogP contribution in [-0.2, 0) is 30.5 Å². The molecule has 0 bridgehead atoms. The maximum atomic E-state index is 6.25. The Hall–Kier alpha value is -8.73. The lowest BCUT2D eigenvalue weighted by molar-refractivity contribution is 0.401. The lowest BCUT2D eigenvalue weighted by Gasteiger charge is -2.33. The molecule has 0 spiro atoms. The first-order valence-electron chi connectivity index (χ1n) is 44.1. The van der Waals surface area contributed by atoms with Gasteiger partial charge in [-0.2, -0.15) is 0 Å². The largest absolute Gasteiger partial charge is 0.340 e. The van der Waals surface area contributed by atoms with Crippen molar-refractivity contribution in [2.75, 3.05) is 0 Å². The maximum Gasteiger partial charge on any atom is 0.0794 e. The van der Waals surface area contributed by atoms with Crippen LogP contribution in [0.3, 0.4) is 0 Å². The number of fused-ring (bicyclic) bond motifs is 21. The Labute approximate surface area is 652 Å². The Morgan fingerprint density at radius 3 is 0.963 bits per heavy atom. The third-order valence-electron chi connectivity index (χ3n) is 26.5. The molecule has 3 heterocycles. The molecule has 4 heteroatoms. The van der Waals surface area contributed by atoms with Gasteiger partial charge in [-0.05, 0) is 177 Å². The van der Waals surface area contributed by atoms with E-state index in [1.165, 1.54) is 318 Å². The quantitative estimate of drug-likeness (QED) is 0.0345. The standard InChI is InChI=1S/C105H122N4/c1-8-15-22-37-62-104(63-38-23-16-9-2)90-48-33-29-44-81(90)83-59-54-76(71-92(83)104)74-52-57-79-80-58-53-75(77-55-60-84-82-45-30-34-49-91(82)105(93(84)72-77,64-39-24-17-10-3)65-40-25-18-11-4)70-88(80)100(87(79)69-74)106-78-56-61-96-89(73-78)99-102-97(86-47-32-36-51-95(86)108(102)67-42-27-20-13-6)101-98(103(99)109(96)68-43-28-21-14-7)85-46-31-35-50-94(85)107(101)66-41-26-19-12-5/h29-36,44-61,69-73H,8-28,37-43,62-68H2,1-7H3. The first-order chi connectivity index (χ1) is 53.8. The smallest absolute Gasteiger partial charge is 0.0794 e. The molecule has 0 radical (unpaired) electrons. The number of nitrogens with zero attached hydrogens (tertiary/aromatic N) is 4. The molecule has 0 saturated carbocycles. The molecule has 0 atom stereocenters. The van der Waals surface area contributed by atoms with Crippen LogP contribution in [0.1, 0.15) is 287 Å². The van der Waals surface area contributed by atoms with E-state index in [1.54, 1.807) is 22.3 Å². The average Bonchev–Trinajstić information content (AvgIpc) is 1.51. The fraction of sp³-hybridized carbons (Fsp3) is 0.419. The molecule has 0 unspecified atom stereocenters. The number of rotatable bonds is 38. The van der Waals surface area contributed by atoms with Crippen LogP contribution in [0.5, 0.6) is 0 Å². The first-order valence-corrected chi connectivity index (χ1v) is 44.1. The van der Waals surface area contributed by atoms with Gasteiger partial charge >= 0.3 is 0 Å². The molecule has 13 aromatic rings. The van der Waals surface area contributed by atoms with E-state index in [0.29, 0.717) is 0 Å². The minimum absolute atomic E-state index is 0.00707. The molecule has 0 fully saturated rings. The van der Waals surface area contributed by atoms with Crippen LogP contribution in [0.25, 0.3) is 121 Å². The van der Waals surface area contributed by atoms with Crippen LogP contribution in [0.2, 0.25) is 0 Å². The van der Waals surface area contributed by atoms with Crippen LogP contribution >= 0.6 is 0 Å². The zero-order chi connectivity index (χ0) is 74.4. The lowest BCUT2D eigenvalue weighted by atomic mass is 9.70. The van der Waals surface area contributed by atoms with Gasteiger partial charge in [0.2, 0.25) is 0 Å². The van der Waals surface area contributed by atoms with Crippen molar-refractivity contribution in [2.45, 2.75) is 284 Å². The number of aliphatic imine (C=N–C) groups is 1. The number of aromatic nitrogens is 3. The monoisotopic (exact) mass is 1440 g/mol. The Bertz CT molecular complexity index is 5200. The van der Waals surface area contributed by atoms with Crippen molar-refractivity contribution < 1.29 is 0 Å². The van der Waals surface area contributed by atoms with E-state index in [4.69, 9.17) is 4.99 Å². The van der Waals surface area contributed by atoms with Crippen molar-refractivity contribution in [2.24, 2.45) is 4.99 Å². The molecule has 0 aliphatic heterocycles. The van der Waals surface area contributed by atoms with Gasteiger partial charge < -0.3 is 13.7 Å². The van der Waals surface area contributed by atoms with Gasteiger partial charge in [0, 0.05) is 90.5 Å². The summed E-state index contributed by atoms with van der Waals surface area (Å²) in [4.78, 5) is 6.25. The normalized spacial score (nSPS) is 13.8. The van der Waals surface area contributed by atoms with E-state index >= 15 is 0 Å². The SMILES string of the molecule is CCCCCCn1c2ccccc2c2c1c1c3ccccc3n(CCCCCC)c1c1c3cc(N=C4c5cc(-c6ccc7c(c6)C(CCCCCC)(CCCCCC)c6ccccc6-7)ccc5-c5ccc(-c6ccc7c(c6)C(CCCCCC)(CCCCCC)c6ccccc6-7)cc54)ccc3n(CCCCCC)c21. The highest BCUT2D eigenvalue weighted by molar-refractivity contribution is 6.39. The summed E-state index contributed by atoms with van der Waals surface area (Å²) in [7, 11) is 0. The molecule has 3 aliphatic rings. The van der Waals surface area contributed by atoms with Crippen molar-refractivity contribution in [1.29, 1.82) is 0 Å². The molecule has 0 amide bonds. The summed E-state index contributed by atoms with van der Waals surface area (Å²) < 4.78 is 8.35. The Morgan fingerprint density at radius 1 is 0.248 bits per heavy atom. The second-order valence-corrected chi connectivity index (χ2v) is 33.5. The summed E-state index contributed by atoms with van der Waals surface area (Å²) in [5, 5.41) is 8.29. The minimum atomic E-state index is -0.00707. The van der Waals surface area contributed by atoms with E-state index < -0.39 is 0 Å². The molecule has 562 valence electrons. The van der Waals surface area contributed by atoms with E-state index in [2.05, 4.69) is 250 Å². The number of para-hydroxylation sites is 2. The fourth-order valence-electron chi connectivity index (χ4n) is 21.0. The third kappa shape index (κ3) is 13.7. The van der Waals surface area contributed by atoms with Gasteiger partial charge in [0.15, 0.2) is 0 Å². The van der Waals surface area contributed by atoms with Crippen molar-refractivity contribution in [3.05, 3.63) is 221 Å². The van der Waals surface area contributed by atoms with Crippen LogP contribution in [-0.4, -0.2) is 19.4 Å². The summed E-state index contributed by atoms with van der Waals surface area (Å²) in [6, 6.07) is 75.6. The summed E-state index contributed by atoms with van der Waals surface area (Å²) in [5.41, 5.74) is 32.4. The molecule has 0 N–H and O–H groups in total. The third-order valence-corrected chi connectivity index (χ3v) is 26.5. The van der Waals surface area contributed by atoms with Gasteiger partial charge in [0.05, 0.1) is 27.9 Å². The minimum Gasteiger partial charge on any atom is -0.340 e. The summed E-state index contributed by atoms with van der Waals surface area (Å²) in [6.07, 6.45) is 39.7. The first kappa shape index (κ1) is 74.4. The number of benzene rings is 10. The fourth-order valence-corrected chi connectivity index (χ4v) is 21.0.